The molecule has 2 aromatic rings. The molecule has 0 aliphatic carbocycles. The molecule has 2 N–H and O–H groups in total. The first-order valence-corrected chi connectivity index (χ1v) is 5.38. The summed E-state index contributed by atoms with van der Waals surface area (Å²) in [6, 6.07) is 8.73. The van der Waals surface area contributed by atoms with E-state index in [1.807, 2.05) is 0 Å². The molecular formula is C14H10F3NO. The molecule has 0 heterocycles. The SMILES string of the molecule is [2H]c1c(-c2ccccc2C(N)=O)cccc1C(F)(F)F. The molecule has 2 nitrogen and oxygen atoms in total. The fourth-order valence-corrected chi connectivity index (χ4v) is 1.72. The molecule has 0 bridgehead atoms. The van der Waals surface area contributed by atoms with Gasteiger partial charge < -0.3 is 5.73 Å². The zero-order valence-corrected chi connectivity index (χ0v) is 9.66. The number of nitrogens with two attached hydrogens (primary N) is 1. The van der Waals surface area contributed by atoms with E-state index in [9.17, 15) is 18.0 Å². The van der Waals surface area contributed by atoms with Gasteiger partial charge in [-0.2, -0.15) is 13.2 Å². The number of benzene rings is 2. The highest BCUT2D eigenvalue weighted by Crippen LogP contribution is 2.32. The van der Waals surface area contributed by atoms with Crippen molar-refractivity contribution >= 4 is 5.91 Å². The fourth-order valence-electron chi connectivity index (χ4n) is 1.72. The summed E-state index contributed by atoms with van der Waals surface area (Å²) in [4.78, 5) is 11.3. The van der Waals surface area contributed by atoms with Crippen molar-refractivity contribution in [2.75, 3.05) is 0 Å². The van der Waals surface area contributed by atoms with Gasteiger partial charge in [0.25, 0.3) is 0 Å². The summed E-state index contributed by atoms with van der Waals surface area (Å²) < 4.78 is 46.1. The van der Waals surface area contributed by atoms with Gasteiger partial charge in [-0.15, -0.1) is 0 Å². The lowest BCUT2D eigenvalue weighted by atomic mass is 9.98. The average molecular weight is 266 g/mol. The van der Waals surface area contributed by atoms with Crippen molar-refractivity contribution in [3.8, 4) is 11.1 Å². The number of alkyl halides is 3. The third-order valence-corrected chi connectivity index (χ3v) is 2.58. The minimum atomic E-state index is -4.62. The van der Waals surface area contributed by atoms with Gasteiger partial charge in [-0.1, -0.05) is 30.3 Å². The van der Waals surface area contributed by atoms with Gasteiger partial charge in [-0.05, 0) is 29.3 Å². The maximum atomic E-state index is 12.8. The van der Waals surface area contributed by atoms with Gasteiger partial charge in [-0.25, -0.2) is 0 Å². The van der Waals surface area contributed by atoms with Crippen LogP contribution in [-0.4, -0.2) is 5.91 Å². The van der Waals surface area contributed by atoms with Crippen LogP contribution in [0.3, 0.4) is 0 Å². The molecule has 0 saturated heterocycles. The summed E-state index contributed by atoms with van der Waals surface area (Å²) in [6.45, 7) is 0. The summed E-state index contributed by atoms with van der Waals surface area (Å²) in [5, 5.41) is 0. The van der Waals surface area contributed by atoms with Crippen LogP contribution >= 0.6 is 0 Å². The lowest BCUT2D eigenvalue weighted by molar-refractivity contribution is -0.137. The topological polar surface area (TPSA) is 43.1 Å². The Morgan fingerprint density at radius 2 is 1.79 bits per heavy atom. The molecular weight excluding hydrogens is 255 g/mol. The van der Waals surface area contributed by atoms with Gasteiger partial charge in [-0.3, -0.25) is 4.79 Å². The van der Waals surface area contributed by atoms with Crippen LogP contribution in [0.2, 0.25) is 0 Å². The molecule has 98 valence electrons. The first-order valence-electron chi connectivity index (χ1n) is 5.88. The van der Waals surface area contributed by atoms with Gasteiger partial charge in [0.1, 0.15) is 0 Å². The number of primary amides is 1. The second kappa shape index (κ2) is 4.76. The Morgan fingerprint density at radius 3 is 2.42 bits per heavy atom. The third kappa shape index (κ3) is 2.76. The van der Waals surface area contributed by atoms with Crippen molar-refractivity contribution in [1.29, 1.82) is 0 Å². The van der Waals surface area contributed by atoms with Crippen LogP contribution in [0.25, 0.3) is 11.1 Å². The van der Waals surface area contributed by atoms with E-state index in [0.29, 0.717) is 0 Å². The van der Waals surface area contributed by atoms with E-state index < -0.39 is 23.7 Å². The number of rotatable bonds is 2. The largest absolute Gasteiger partial charge is 0.416 e. The maximum absolute atomic E-state index is 12.8. The van der Waals surface area contributed by atoms with E-state index in [4.69, 9.17) is 7.10 Å². The van der Waals surface area contributed by atoms with Crippen LogP contribution in [-0.2, 0) is 6.18 Å². The van der Waals surface area contributed by atoms with E-state index >= 15 is 0 Å². The standard InChI is InChI=1S/C14H10F3NO/c15-14(16,17)10-5-3-4-9(8-10)11-6-1-2-7-12(11)13(18)19/h1-8H,(H2,18,19)/i8D. The highest BCUT2D eigenvalue weighted by Gasteiger charge is 2.30. The number of amides is 1. The van der Waals surface area contributed by atoms with Crippen LogP contribution in [0.15, 0.2) is 48.5 Å². The molecule has 5 heteroatoms. The molecule has 0 saturated carbocycles. The zero-order valence-electron chi connectivity index (χ0n) is 10.7. The minimum absolute atomic E-state index is 0.0224. The van der Waals surface area contributed by atoms with Crippen molar-refractivity contribution in [3.63, 3.8) is 0 Å². The Balaban J connectivity index is 2.69. The van der Waals surface area contributed by atoms with E-state index in [1.165, 1.54) is 24.3 Å². The number of carbonyl (C=O) groups excluding carboxylic acids is 1. The predicted molar refractivity (Wildman–Crippen MR) is 65.4 cm³/mol. The Morgan fingerprint density at radius 1 is 1.11 bits per heavy atom. The van der Waals surface area contributed by atoms with Crippen LogP contribution in [0.5, 0.6) is 0 Å². The first-order chi connectivity index (χ1) is 9.32. The highest BCUT2D eigenvalue weighted by atomic mass is 19.4. The Bertz CT molecular complexity index is 668. The van der Waals surface area contributed by atoms with Crippen LogP contribution in [0.4, 0.5) is 13.2 Å². The van der Waals surface area contributed by atoms with Gasteiger partial charge in [0.05, 0.1) is 6.93 Å². The smallest absolute Gasteiger partial charge is 0.366 e. The molecule has 0 aromatic heterocycles. The number of halogens is 3. The number of hydrogen-bond donors (Lipinski definition) is 1. The van der Waals surface area contributed by atoms with Crippen LogP contribution < -0.4 is 5.73 Å². The van der Waals surface area contributed by atoms with Crippen molar-refractivity contribution in [3.05, 3.63) is 59.6 Å². The van der Waals surface area contributed by atoms with Crippen molar-refractivity contribution in [1.82, 2.24) is 0 Å². The van der Waals surface area contributed by atoms with Crippen LogP contribution in [0.1, 0.15) is 17.3 Å². The van der Waals surface area contributed by atoms with Gasteiger partial charge in [0.2, 0.25) is 5.91 Å². The Kier molecular flexibility index (Phi) is 2.95. The maximum Gasteiger partial charge on any atom is 0.416 e. The second-order valence-corrected chi connectivity index (χ2v) is 3.89. The third-order valence-electron chi connectivity index (χ3n) is 2.58. The quantitative estimate of drug-likeness (QED) is 0.888. The highest BCUT2D eigenvalue weighted by molar-refractivity contribution is 5.99. The Hall–Kier alpha value is -2.30. The lowest BCUT2D eigenvalue weighted by Crippen LogP contribution is -2.12. The monoisotopic (exact) mass is 266 g/mol. The second-order valence-electron chi connectivity index (χ2n) is 3.89. The molecule has 0 unspecified atom stereocenters. The van der Waals surface area contributed by atoms with Gasteiger partial charge in [0.15, 0.2) is 0 Å². The van der Waals surface area contributed by atoms with Crippen LogP contribution in [0, 0.1) is 0 Å². The van der Waals surface area contributed by atoms with Crippen molar-refractivity contribution in [2.24, 2.45) is 5.73 Å². The average Bonchev–Trinajstić information content (AvgIpc) is 2.37. The zero-order chi connectivity index (χ0) is 14.9. The molecule has 19 heavy (non-hydrogen) atoms. The number of hydrogen-bond acceptors (Lipinski definition) is 1. The summed E-state index contributed by atoms with van der Waals surface area (Å²) >= 11 is 0. The molecule has 2 rings (SSSR count). The predicted octanol–water partition coefficient (Wildman–Crippen LogP) is 3.47. The lowest BCUT2D eigenvalue weighted by Gasteiger charge is -2.10. The van der Waals surface area contributed by atoms with Gasteiger partial charge >= 0.3 is 6.18 Å². The summed E-state index contributed by atoms with van der Waals surface area (Å²) in [5.74, 6) is -0.752. The Labute approximate surface area is 109 Å². The number of carbonyl (C=O) groups is 1. The molecule has 0 radical (unpaired) electrons. The molecule has 0 aliphatic rings. The molecule has 0 fully saturated rings. The van der Waals surface area contributed by atoms with E-state index in [1.54, 1.807) is 12.1 Å². The molecule has 0 aliphatic heterocycles. The van der Waals surface area contributed by atoms with Gasteiger partial charge in [0, 0.05) is 5.56 Å². The molecule has 0 atom stereocenters. The van der Waals surface area contributed by atoms with Crippen molar-refractivity contribution < 1.29 is 19.3 Å². The van der Waals surface area contributed by atoms with Crippen molar-refractivity contribution in [2.45, 2.75) is 6.18 Å². The normalized spacial score (nSPS) is 12.1. The van der Waals surface area contributed by atoms with E-state index in [2.05, 4.69) is 0 Å². The molecule has 2 aromatic carbocycles. The van der Waals surface area contributed by atoms with E-state index in [-0.39, 0.29) is 16.7 Å². The summed E-state index contributed by atoms with van der Waals surface area (Å²) in [5.41, 5.74) is 4.48. The first kappa shape index (κ1) is 11.8. The minimum Gasteiger partial charge on any atom is -0.366 e. The molecule has 0 spiro atoms. The van der Waals surface area contributed by atoms with E-state index in [0.717, 1.165) is 6.07 Å². The summed E-state index contributed by atoms with van der Waals surface area (Å²) in [7, 11) is 0. The summed E-state index contributed by atoms with van der Waals surface area (Å²) in [6.07, 6.45) is -4.62. The fraction of sp³-hybridized carbons (Fsp3) is 0.0714. The molecule has 1 amide bonds.